The van der Waals surface area contributed by atoms with E-state index in [2.05, 4.69) is 31.1 Å². The number of imide groups is 1. The molecule has 8 heteroatoms. The summed E-state index contributed by atoms with van der Waals surface area (Å²) in [5, 5.41) is 5.23. The van der Waals surface area contributed by atoms with Crippen molar-refractivity contribution < 1.29 is 14.4 Å². The number of hydrogen-bond donors (Lipinski definition) is 2. The van der Waals surface area contributed by atoms with Crippen molar-refractivity contribution in [2.75, 3.05) is 11.9 Å². The summed E-state index contributed by atoms with van der Waals surface area (Å²) in [7, 11) is 0. The minimum absolute atomic E-state index is 0.165. The van der Waals surface area contributed by atoms with Gasteiger partial charge >= 0.3 is 6.03 Å². The monoisotopic (exact) mass is 444 g/mol. The fraction of sp³-hybridized carbons (Fsp3) is 0.250. The molecule has 0 saturated carbocycles. The first kappa shape index (κ1) is 19.9. The molecule has 1 aromatic heterocycles. The van der Waals surface area contributed by atoms with E-state index in [1.54, 1.807) is 30.3 Å². The molecule has 0 unspecified atom stereocenters. The van der Waals surface area contributed by atoms with Crippen LogP contribution >= 0.6 is 15.9 Å². The van der Waals surface area contributed by atoms with Crippen LogP contribution in [0.3, 0.4) is 0 Å². The third-order valence-electron chi connectivity index (χ3n) is 4.62. The van der Waals surface area contributed by atoms with E-state index in [0.717, 1.165) is 32.9 Å². The average molecular weight is 445 g/mol. The number of anilines is 1. The van der Waals surface area contributed by atoms with Crippen LogP contribution in [-0.4, -0.2) is 33.9 Å². The third kappa shape index (κ3) is 4.01. The van der Waals surface area contributed by atoms with Crippen molar-refractivity contribution >= 4 is 45.5 Å². The third-order valence-corrected chi connectivity index (χ3v) is 5.15. The molecule has 1 aromatic carbocycles. The largest absolute Gasteiger partial charge is 0.349 e. The number of aryl methyl sites for hydroxylation is 1. The Morgan fingerprint density at radius 1 is 1.21 bits per heavy atom. The highest BCUT2D eigenvalue weighted by atomic mass is 79.9. The van der Waals surface area contributed by atoms with Crippen LogP contribution in [0.5, 0.6) is 0 Å². The number of nitrogens with zero attached hydrogens (tertiary/aromatic N) is 2. The second-order valence-electron chi connectivity index (χ2n) is 6.51. The molecule has 0 spiro atoms. The van der Waals surface area contributed by atoms with Gasteiger partial charge in [0, 0.05) is 28.1 Å². The zero-order valence-corrected chi connectivity index (χ0v) is 17.5. The molecule has 28 heavy (non-hydrogen) atoms. The van der Waals surface area contributed by atoms with Crippen LogP contribution in [-0.2, 0) is 16.1 Å². The maximum absolute atomic E-state index is 12.6. The van der Waals surface area contributed by atoms with E-state index >= 15 is 0 Å². The number of benzene rings is 1. The lowest BCUT2D eigenvalue weighted by Crippen LogP contribution is -2.38. The predicted octanol–water partition coefficient (Wildman–Crippen LogP) is 3.42. The average Bonchev–Trinajstić information content (AvgIpc) is 3.06. The second-order valence-corrected chi connectivity index (χ2v) is 7.42. The van der Waals surface area contributed by atoms with Gasteiger partial charge in [0.25, 0.3) is 5.91 Å². The molecule has 2 N–H and O–H groups in total. The number of rotatable bonds is 5. The lowest BCUT2D eigenvalue weighted by atomic mass is 10.2. The summed E-state index contributed by atoms with van der Waals surface area (Å²) in [6.45, 7) is 6.47. The van der Waals surface area contributed by atoms with Crippen molar-refractivity contribution in [3.8, 4) is 0 Å². The number of amides is 4. The Labute approximate surface area is 171 Å². The normalized spacial score (nSPS) is 15.3. The van der Waals surface area contributed by atoms with Crippen LogP contribution in [0.4, 0.5) is 10.5 Å². The molecule has 1 aliphatic rings. The van der Waals surface area contributed by atoms with Crippen molar-refractivity contribution in [2.24, 2.45) is 0 Å². The van der Waals surface area contributed by atoms with Gasteiger partial charge < -0.3 is 15.2 Å². The number of hydrogen-bond acceptors (Lipinski definition) is 3. The van der Waals surface area contributed by atoms with E-state index in [4.69, 9.17) is 0 Å². The van der Waals surface area contributed by atoms with Crippen molar-refractivity contribution in [1.82, 2.24) is 14.8 Å². The molecule has 0 atom stereocenters. The lowest BCUT2D eigenvalue weighted by Gasteiger charge is -2.12. The van der Waals surface area contributed by atoms with Crippen LogP contribution in [0.15, 0.2) is 40.5 Å². The van der Waals surface area contributed by atoms with Crippen LogP contribution < -0.4 is 10.6 Å². The van der Waals surface area contributed by atoms with Gasteiger partial charge in [0.05, 0.1) is 0 Å². The SMILES string of the molecule is CCn1c(C)cc(/C=C2\NC(=O)N(CC(=O)Nc3ccc(Br)cc3)C2=O)c1C. The Balaban J connectivity index is 1.73. The number of carbonyl (C=O) groups is 3. The van der Waals surface area contributed by atoms with Gasteiger partial charge in [-0.05, 0) is 62.7 Å². The molecule has 0 bridgehead atoms. The van der Waals surface area contributed by atoms with E-state index in [0.29, 0.717) is 5.69 Å². The zero-order valence-electron chi connectivity index (χ0n) is 15.9. The Morgan fingerprint density at radius 3 is 2.50 bits per heavy atom. The maximum Gasteiger partial charge on any atom is 0.329 e. The van der Waals surface area contributed by atoms with Gasteiger partial charge in [0.15, 0.2) is 0 Å². The molecule has 2 aromatic rings. The molecule has 4 amide bonds. The van der Waals surface area contributed by atoms with Gasteiger partial charge in [-0.25, -0.2) is 9.69 Å². The first-order valence-electron chi connectivity index (χ1n) is 8.86. The van der Waals surface area contributed by atoms with Gasteiger partial charge in [-0.15, -0.1) is 0 Å². The van der Waals surface area contributed by atoms with E-state index < -0.39 is 17.8 Å². The summed E-state index contributed by atoms with van der Waals surface area (Å²) in [6.07, 6.45) is 1.65. The quantitative estimate of drug-likeness (QED) is 0.547. The van der Waals surface area contributed by atoms with Gasteiger partial charge in [-0.3, -0.25) is 9.59 Å². The number of aromatic nitrogens is 1. The van der Waals surface area contributed by atoms with Gasteiger partial charge in [0.2, 0.25) is 5.91 Å². The molecule has 3 rings (SSSR count). The summed E-state index contributed by atoms with van der Waals surface area (Å²) in [6, 6.07) is 8.39. The van der Waals surface area contributed by atoms with Gasteiger partial charge in [-0.1, -0.05) is 15.9 Å². The lowest BCUT2D eigenvalue weighted by molar-refractivity contribution is -0.127. The van der Waals surface area contributed by atoms with Crippen molar-refractivity contribution in [2.45, 2.75) is 27.3 Å². The molecular formula is C20H21BrN4O3. The highest BCUT2D eigenvalue weighted by Crippen LogP contribution is 2.20. The fourth-order valence-corrected chi connectivity index (χ4v) is 3.47. The summed E-state index contributed by atoms with van der Waals surface area (Å²) in [5.74, 6) is -0.964. The van der Waals surface area contributed by atoms with Crippen molar-refractivity contribution in [3.05, 3.63) is 57.5 Å². The second kappa shape index (κ2) is 8.02. The van der Waals surface area contributed by atoms with E-state index in [1.165, 1.54) is 0 Å². The highest BCUT2D eigenvalue weighted by molar-refractivity contribution is 9.10. The summed E-state index contributed by atoms with van der Waals surface area (Å²) >= 11 is 3.32. The van der Waals surface area contributed by atoms with E-state index in [-0.39, 0.29) is 12.2 Å². The summed E-state index contributed by atoms with van der Waals surface area (Å²) in [4.78, 5) is 37.9. The van der Waals surface area contributed by atoms with Crippen molar-refractivity contribution in [3.63, 3.8) is 0 Å². The van der Waals surface area contributed by atoms with E-state index in [9.17, 15) is 14.4 Å². The molecule has 1 aliphatic heterocycles. The smallest absolute Gasteiger partial charge is 0.329 e. The highest BCUT2D eigenvalue weighted by Gasteiger charge is 2.35. The predicted molar refractivity (Wildman–Crippen MR) is 111 cm³/mol. The minimum Gasteiger partial charge on any atom is -0.349 e. The molecular weight excluding hydrogens is 424 g/mol. The number of urea groups is 1. The number of carbonyl (C=O) groups excluding carboxylic acids is 3. The molecule has 1 fully saturated rings. The summed E-state index contributed by atoms with van der Waals surface area (Å²) < 4.78 is 3.01. The van der Waals surface area contributed by atoms with Crippen LogP contribution in [0.1, 0.15) is 23.9 Å². The molecule has 146 valence electrons. The van der Waals surface area contributed by atoms with Crippen molar-refractivity contribution in [1.29, 1.82) is 0 Å². The molecule has 2 heterocycles. The van der Waals surface area contributed by atoms with Gasteiger partial charge in [-0.2, -0.15) is 0 Å². The van der Waals surface area contributed by atoms with Crippen LogP contribution in [0, 0.1) is 13.8 Å². The topological polar surface area (TPSA) is 83.4 Å². The fourth-order valence-electron chi connectivity index (χ4n) is 3.21. The van der Waals surface area contributed by atoms with Gasteiger partial charge in [0.1, 0.15) is 12.2 Å². The Kier molecular flexibility index (Phi) is 5.69. The zero-order chi connectivity index (χ0) is 20.4. The Morgan fingerprint density at radius 2 is 1.89 bits per heavy atom. The summed E-state index contributed by atoms with van der Waals surface area (Å²) in [5.41, 5.74) is 3.71. The maximum atomic E-state index is 12.6. The number of halogens is 1. The van der Waals surface area contributed by atoms with Crippen LogP contribution in [0.2, 0.25) is 0 Å². The Hall–Kier alpha value is -2.87. The first-order valence-corrected chi connectivity index (χ1v) is 9.66. The molecule has 1 saturated heterocycles. The molecule has 7 nitrogen and oxygen atoms in total. The van der Waals surface area contributed by atoms with Crippen LogP contribution in [0.25, 0.3) is 6.08 Å². The molecule has 0 radical (unpaired) electrons. The Bertz CT molecular complexity index is 976. The minimum atomic E-state index is -0.605. The standard InChI is InChI=1S/C20H21BrN4O3/c1-4-24-12(2)9-14(13(24)3)10-17-19(27)25(20(28)23-17)11-18(26)22-16-7-5-15(21)6-8-16/h5-10H,4,11H2,1-3H3,(H,22,26)(H,23,28)/b17-10-. The first-order chi connectivity index (χ1) is 13.3. The number of nitrogens with one attached hydrogen (secondary N) is 2. The molecule has 0 aliphatic carbocycles. The van der Waals surface area contributed by atoms with E-state index in [1.807, 2.05) is 26.8 Å².